The lowest BCUT2D eigenvalue weighted by Crippen LogP contribution is -2.15. The fourth-order valence-corrected chi connectivity index (χ4v) is 2.82. The summed E-state index contributed by atoms with van der Waals surface area (Å²) in [5.41, 5.74) is 0. The van der Waals surface area contributed by atoms with Crippen molar-refractivity contribution < 1.29 is 19.4 Å². The van der Waals surface area contributed by atoms with Gasteiger partial charge >= 0.3 is 11.9 Å². The molecule has 0 spiro atoms. The minimum Gasteiger partial charge on any atom is -0.481 e. The number of rotatable bonds is 10. The lowest BCUT2D eigenvalue weighted by Gasteiger charge is -2.08. The molecule has 0 aromatic heterocycles. The molecule has 0 aromatic carbocycles. The van der Waals surface area contributed by atoms with Gasteiger partial charge in [0, 0.05) is 22.5 Å². The van der Waals surface area contributed by atoms with Crippen molar-refractivity contribution in [1.82, 2.24) is 0 Å². The van der Waals surface area contributed by atoms with Gasteiger partial charge in [0.25, 0.3) is 0 Å². The second kappa shape index (κ2) is 11.4. The average Bonchev–Trinajstić information content (AvgIpc) is 2.30. The summed E-state index contributed by atoms with van der Waals surface area (Å²) < 4.78 is 4.96. The van der Waals surface area contributed by atoms with E-state index in [9.17, 15) is 9.59 Å². The Morgan fingerprint density at radius 2 is 1.82 bits per heavy atom. The van der Waals surface area contributed by atoms with Gasteiger partial charge in [-0.25, -0.2) is 0 Å². The predicted octanol–water partition coefficient (Wildman–Crippen LogP) is 2.00. The molecule has 100 valence electrons. The summed E-state index contributed by atoms with van der Waals surface area (Å²) in [6, 6.07) is 0. The number of carboxylic acids is 1. The van der Waals surface area contributed by atoms with Gasteiger partial charge in [-0.05, 0) is 0 Å². The Hall–Kier alpha value is 0.340. The largest absolute Gasteiger partial charge is 0.481 e. The highest BCUT2D eigenvalue weighted by atomic mass is 33.1. The Labute approximate surface area is 120 Å². The normalized spacial score (nSPS) is 12.1. The molecule has 0 aliphatic carbocycles. The first-order valence-corrected chi connectivity index (χ1v) is 8.60. The van der Waals surface area contributed by atoms with E-state index < -0.39 is 5.97 Å². The van der Waals surface area contributed by atoms with Crippen LogP contribution < -0.4 is 0 Å². The average molecular weight is 316 g/mol. The summed E-state index contributed by atoms with van der Waals surface area (Å²) in [7, 11) is 2.94. The number of thiol groups is 2. The van der Waals surface area contributed by atoms with E-state index >= 15 is 0 Å². The molecule has 4 nitrogen and oxygen atoms in total. The molecule has 0 rings (SSSR count). The van der Waals surface area contributed by atoms with Crippen LogP contribution in [0.1, 0.15) is 12.8 Å². The van der Waals surface area contributed by atoms with E-state index in [1.807, 2.05) is 0 Å². The monoisotopic (exact) mass is 316 g/mol. The highest BCUT2D eigenvalue weighted by Gasteiger charge is 2.06. The van der Waals surface area contributed by atoms with E-state index in [4.69, 9.17) is 9.84 Å². The molecule has 0 amide bonds. The highest BCUT2D eigenvalue weighted by Crippen LogP contribution is 2.22. The predicted molar refractivity (Wildman–Crippen MR) is 79.4 cm³/mol. The van der Waals surface area contributed by atoms with Crippen LogP contribution in [0.25, 0.3) is 0 Å². The molecule has 0 aliphatic rings. The van der Waals surface area contributed by atoms with Gasteiger partial charge in [0.2, 0.25) is 0 Å². The van der Waals surface area contributed by atoms with Crippen LogP contribution in [0.3, 0.4) is 0 Å². The maximum atomic E-state index is 11.2. The summed E-state index contributed by atoms with van der Waals surface area (Å²) in [4.78, 5) is 21.4. The molecule has 0 aliphatic heterocycles. The van der Waals surface area contributed by atoms with E-state index in [2.05, 4.69) is 25.3 Å². The lowest BCUT2D eigenvalue weighted by molar-refractivity contribution is -0.143. The first-order valence-electron chi connectivity index (χ1n) is 4.97. The summed E-state index contributed by atoms with van der Waals surface area (Å²) in [5.74, 6) is 0.687. The molecule has 1 atom stereocenters. The van der Waals surface area contributed by atoms with Crippen molar-refractivity contribution in [2.75, 3.05) is 23.9 Å². The molecule has 0 bridgehead atoms. The van der Waals surface area contributed by atoms with Gasteiger partial charge < -0.3 is 9.84 Å². The molecule has 1 unspecified atom stereocenters. The molecular weight excluding hydrogens is 300 g/mol. The zero-order valence-electron chi connectivity index (χ0n) is 9.20. The van der Waals surface area contributed by atoms with Gasteiger partial charge in [-0.3, -0.25) is 9.59 Å². The first-order chi connectivity index (χ1) is 8.06. The zero-order chi connectivity index (χ0) is 13.1. The third-order valence-corrected chi connectivity index (χ3v) is 4.99. The van der Waals surface area contributed by atoms with Gasteiger partial charge in [0.05, 0.1) is 12.8 Å². The Kier molecular flexibility index (Phi) is 11.7. The van der Waals surface area contributed by atoms with Gasteiger partial charge in [-0.2, -0.15) is 25.3 Å². The molecular formula is C9H16O4S4. The Balaban J connectivity index is 3.30. The van der Waals surface area contributed by atoms with Crippen LogP contribution >= 0.6 is 46.8 Å². The quantitative estimate of drug-likeness (QED) is 0.248. The van der Waals surface area contributed by atoms with E-state index in [0.717, 1.165) is 0 Å². The maximum Gasteiger partial charge on any atom is 0.306 e. The van der Waals surface area contributed by atoms with Crippen molar-refractivity contribution in [3.05, 3.63) is 0 Å². The maximum absolute atomic E-state index is 11.2. The fraction of sp³-hybridized carbons (Fsp3) is 0.778. The first kappa shape index (κ1) is 17.3. The van der Waals surface area contributed by atoms with Crippen LogP contribution in [0.4, 0.5) is 0 Å². The van der Waals surface area contributed by atoms with Gasteiger partial charge in [0.15, 0.2) is 0 Å². The molecule has 0 fully saturated rings. The van der Waals surface area contributed by atoms with Crippen molar-refractivity contribution in [2.45, 2.75) is 18.1 Å². The van der Waals surface area contributed by atoms with E-state index in [1.165, 1.54) is 21.6 Å². The van der Waals surface area contributed by atoms with Gasteiger partial charge in [0.1, 0.15) is 6.61 Å². The third kappa shape index (κ3) is 12.6. The Morgan fingerprint density at radius 3 is 2.35 bits per heavy atom. The number of aliphatic carboxylic acids is 1. The summed E-state index contributed by atoms with van der Waals surface area (Å²) in [6.07, 6.45) is 0.475. The number of carbonyl (C=O) groups excluding carboxylic acids is 1. The number of carboxylic acid groups (broad SMARTS) is 1. The molecule has 1 N–H and O–H groups in total. The van der Waals surface area contributed by atoms with Gasteiger partial charge in [-0.1, -0.05) is 21.6 Å². The van der Waals surface area contributed by atoms with E-state index in [1.54, 1.807) is 0 Å². The molecule has 0 heterocycles. The molecule has 0 aromatic rings. The zero-order valence-corrected chi connectivity index (χ0v) is 12.6. The third-order valence-electron chi connectivity index (χ3n) is 1.52. The topological polar surface area (TPSA) is 63.6 Å². The minimum atomic E-state index is -0.802. The van der Waals surface area contributed by atoms with Crippen molar-refractivity contribution in [3.63, 3.8) is 0 Å². The number of hydrogen-bond acceptors (Lipinski definition) is 7. The minimum absolute atomic E-state index is 0.0279. The Bertz CT molecular complexity index is 237. The number of carbonyl (C=O) groups is 2. The molecule has 17 heavy (non-hydrogen) atoms. The van der Waals surface area contributed by atoms with Crippen LogP contribution in [0.5, 0.6) is 0 Å². The molecule has 8 heteroatoms. The van der Waals surface area contributed by atoms with Crippen molar-refractivity contribution >= 4 is 58.8 Å². The summed E-state index contributed by atoms with van der Waals surface area (Å²) in [5, 5.41) is 8.37. The van der Waals surface area contributed by atoms with Crippen LogP contribution in [-0.2, 0) is 14.3 Å². The highest BCUT2D eigenvalue weighted by molar-refractivity contribution is 8.76. The number of ether oxygens (including phenoxy) is 1. The second-order valence-electron chi connectivity index (χ2n) is 3.06. The second-order valence-corrected chi connectivity index (χ2v) is 6.85. The lowest BCUT2D eigenvalue weighted by atomic mass is 10.5. The van der Waals surface area contributed by atoms with Crippen LogP contribution in [0.2, 0.25) is 0 Å². The standard InChI is InChI=1S/C9H16O4S4/c10-8(11)1-3-16-17-4-2-9(12)13-5-7(15)6-14/h7,14-15H,1-6H2,(H,10,11). The SMILES string of the molecule is O=C(O)CCSSCCC(=O)OCC(S)CS. The van der Waals surface area contributed by atoms with Crippen LogP contribution in [-0.4, -0.2) is 46.2 Å². The number of hydrogen-bond donors (Lipinski definition) is 3. The van der Waals surface area contributed by atoms with E-state index in [0.29, 0.717) is 23.7 Å². The molecule has 0 saturated heterocycles. The van der Waals surface area contributed by atoms with Gasteiger partial charge in [-0.15, -0.1) is 0 Å². The van der Waals surface area contributed by atoms with Crippen LogP contribution in [0.15, 0.2) is 0 Å². The van der Waals surface area contributed by atoms with Crippen molar-refractivity contribution in [1.29, 1.82) is 0 Å². The molecule has 0 radical (unpaired) electrons. The van der Waals surface area contributed by atoms with Crippen LogP contribution in [0, 0.1) is 0 Å². The smallest absolute Gasteiger partial charge is 0.306 e. The summed E-state index contributed by atoms with van der Waals surface area (Å²) >= 11 is 8.16. The number of esters is 1. The van der Waals surface area contributed by atoms with Crippen molar-refractivity contribution in [3.8, 4) is 0 Å². The van der Waals surface area contributed by atoms with E-state index in [-0.39, 0.29) is 24.2 Å². The van der Waals surface area contributed by atoms with Crippen molar-refractivity contribution in [2.24, 2.45) is 0 Å². The summed E-state index contributed by atoms with van der Waals surface area (Å²) in [6.45, 7) is 0.280. The fourth-order valence-electron chi connectivity index (χ4n) is 0.686. The Morgan fingerprint density at radius 1 is 1.24 bits per heavy atom. The molecule has 0 saturated carbocycles.